The van der Waals surface area contributed by atoms with E-state index in [1.165, 1.54) is 6.07 Å². The molecule has 0 saturated heterocycles. The largest absolute Gasteiger partial charge is 0.504 e. The molecule has 2 aromatic rings. The Morgan fingerprint density at radius 2 is 1.91 bits per heavy atom. The van der Waals surface area contributed by atoms with E-state index in [1.807, 2.05) is 32.0 Å². The number of rotatable bonds is 4. The van der Waals surface area contributed by atoms with Crippen LogP contribution >= 0.6 is 23.2 Å². The zero-order valence-corrected chi connectivity index (χ0v) is 14.5. The average molecular weight is 354 g/mol. The molecule has 2 aromatic carbocycles. The highest BCUT2D eigenvalue weighted by atomic mass is 35.5. The van der Waals surface area contributed by atoms with Gasteiger partial charge in [0.2, 0.25) is 0 Å². The summed E-state index contributed by atoms with van der Waals surface area (Å²) in [5, 5.41) is 13.0. The number of nitrogens with one attached hydrogen (secondary N) is 1. The maximum absolute atomic E-state index is 12.0. The number of ether oxygens (including phenoxy) is 1. The third kappa shape index (κ3) is 4.09. The summed E-state index contributed by atoms with van der Waals surface area (Å²) in [6.45, 7) is 5.38. The molecule has 0 fully saturated rings. The van der Waals surface area contributed by atoms with Gasteiger partial charge in [-0.25, -0.2) is 0 Å². The van der Waals surface area contributed by atoms with Crippen molar-refractivity contribution in [1.82, 2.24) is 0 Å². The van der Waals surface area contributed by atoms with Crippen molar-refractivity contribution < 1.29 is 14.6 Å². The molecule has 4 nitrogen and oxygen atoms in total. The summed E-state index contributed by atoms with van der Waals surface area (Å²) in [5.74, 6) is -0.000336. The first kappa shape index (κ1) is 17.4. The van der Waals surface area contributed by atoms with Crippen LogP contribution in [0.4, 0.5) is 5.69 Å². The van der Waals surface area contributed by atoms with E-state index in [-0.39, 0.29) is 23.1 Å². The van der Waals surface area contributed by atoms with Crippen LogP contribution < -0.4 is 10.1 Å². The summed E-state index contributed by atoms with van der Waals surface area (Å²) in [6.07, 6.45) is 0. The molecule has 0 aliphatic heterocycles. The number of benzene rings is 2. The number of carbonyl (C=O) groups excluding carboxylic acids is 1. The van der Waals surface area contributed by atoms with E-state index in [0.717, 1.165) is 11.1 Å². The number of phenolic OH excluding ortho intramolecular Hbond substituents is 1. The molecule has 0 spiro atoms. The van der Waals surface area contributed by atoms with Gasteiger partial charge in [0.15, 0.2) is 12.4 Å². The number of aromatic hydroxyl groups is 1. The molecule has 1 amide bonds. The number of anilines is 1. The smallest absolute Gasteiger partial charge is 0.262 e. The van der Waals surface area contributed by atoms with Crippen molar-refractivity contribution >= 4 is 34.8 Å². The number of amides is 1. The van der Waals surface area contributed by atoms with Crippen molar-refractivity contribution in [1.29, 1.82) is 0 Å². The quantitative estimate of drug-likeness (QED) is 0.787. The number of hydrogen-bond acceptors (Lipinski definition) is 3. The Labute approximate surface area is 145 Å². The highest BCUT2D eigenvalue weighted by molar-refractivity contribution is 6.37. The van der Waals surface area contributed by atoms with E-state index >= 15 is 0 Å². The molecule has 0 aliphatic carbocycles. The first-order chi connectivity index (χ1) is 10.8. The number of carbonyl (C=O) groups is 1. The Balaban J connectivity index is 2.06. The summed E-state index contributed by atoms with van der Waals surface area (Å²) in [7, 11) is 0. The maximum atomic E-state index is 12.0. The van der Waals surface area contributed by atoms with Crippen LogP contribution in [0, 0.1) is 20.8 Å². The van der Waals surface area contributed by atoms with Gasteiger partial charge in [-0.15, -0.1) is 0 Å². The van der Waals surface area contributed by atoms with Gasteiger partial charge < -0.3 is 15.2 Å². The van der Waals surface area contributed by atoms with Gasteiger partial charge in [-0.3, -0.25) is 4.79 Å². The lowest BCUT2D eigenvalue weighted by Gasteiger charge is -2.13. The molecule has 0 bridgehead atoms. The Hall–Kier alpha value is -1.91. The van der Waals surface area contributed by atoms with Gasteiger partial charge in [0, 0.05) is 5.02 Å². The minimum absolute atomic E-state index is 0.114. The first-order valence-corrected chi connectivity index (χ1v) is 7.72. The van der Waals surface area contributed by atoms with Crippen LogP contribution in [0.2, 0.25) is 10.0 Å². The third-order valence-electron chi connectivity index (χ3n) is 3.38. The van der Waals surface area contributed by atoms with Crippen LogP contribution in [0.3, 0.4) is 0 Å². The number of halogens is 2. The van der Waals surface area contributed by atoms with Gasteiger partial charge >= 0.3 is 0 Å². The zero-order valence-electron chi connectivity index (χ0n) is 13.0. The predicted molar refractivity (Wildman–Crippen MR) is 92.9 cm³/mol. The predicted octanol–water partition coefficient (Wildman–Crippen LogP) is 4.64. The fraction of sp³-hybridized carbons (Fsp3) is 0.235. The van der Waals surface area contributed by atoms with Crippen molar-refractivity contribution in [3.63, 3.8) is 0 Å². The standard InChI is InChI=1S/C17H17Cl2NO3/c1-9-4-5-14(10(2)6-9)23-8-15(21)20-13-7-12(18)11(3)16(19)17(13)22/h4-7,22H,8H2,1-3H3,(H,20,21). The van der Waals surface area contributed by atoms with Crippen LogP contribution in [0.5, 0.6) is 11.5 Å². The lowest BCUT2D eigenvalue weighted by atomic mass is 10.1. The van der Waals surface area contributed by atoms with E-state index in [2.05, 4.69) is 5.32 Å². The second-order valence-electron chi connectivity index (χ2n) is 5.30. The molecule has 0 atom stereocenters. The normalized spacial score (nSPS) is 10.5. The molecule has 0 unspecified atom stereocenters. The Bertz CT molecular complexity index is 760. The van der Waals surface area contributed by atoms with Crippen molar-refractivity contribution in [2.75, 3.05) is 11.9 Å². The Kier molecular flexibility index (Phi) is 5.39. The number of hydrogen-bond donors (Lipinski definition) is 2. The fourth-order valence-electron chi connectivity index (χ4n) is 2.09. The number of phenols is 1. The summed E-state index contributed by atoms with van der Waals surface area (Å²) in [4.78, 5) is 12.0. The van der Waals surface area contributed by atoms with E-state index < -0.39 is 5.91 Å². The van der Waals surface area contributed by atoms with Gasteiger partial charge in [-0.05, 0) is 44.0 Å². The molecule has 2 rings (SSSR count). The minimum atomic E-state index is -0.420. The Morgan fingerprint density at radius 3 is 2.57 bits per heavy atom. The fourth-order valence-corrected chi connectivity index (χ4v) is 2.55. The zero-order chi connectivity index (χ0) is 17.1. The molecule has 6 heteroatoms. The van der Waals surface area contributed by atoms with Crippen molar-refractivity contribution in [2.45, 2.75) is 20.8 Å². The molecular weight excluding hydrogens is 337 g/mol. The van der Waals surface area contributed by atoms with E-state index in [4.69, 9.17) is 27.9 Å². The van der Waals surface area contributed by atoms with Gasteiger partial charge in [0.1, 0.15) is 5.75 Å². The molecule has 23 heavy (non-hydrogen) atoms. The minimum Gasteiger partial charge on any atom is -0.504 e. The van der Waals surface area contributed by atoms with Gasteiger partial charge in [-0.2, -0.15) is 0 Å². The summed E-state index contributed by atoms with van der Waals surface area (Å²) in [5.41, 5.74) is 2.77. The molecule has 0 saturated carbocycles. The summed E-state index contributed by atoms with van der Waals surface area (Å²) < 4.78 is 5.49. The lowest BCUT2D eigenvalue weighted by Crippen LogP contribution is -2.20. The van der Waals surface area contributed by atoms with Crippen molar-refractivity contribution in [3.05, 3.63) is 51.0 Å². The van der Waals surface area contributed by atoms with Crippen LogP contribution in [0.25, 0.3) is 0 Å². The summed E-state index contributed by atoms with van der Waals surface area (Å²) in [6, 6.07) is 7.15. The van der Waals surface area contributed by atoms with Crippen LogP contribution in [-0.4, -0.2) is 17.6 Å². The lowest BCUT2D eigenvalue weighted by molar-refractivity contribution is -0.118. The molecular formula is C17H17Cl2NO3. The van der Waals surface area contributed by atoms with Crippen molar-refractivity contribution in [3.8, 4) is 11.5 Å². The second-order valence-corrected chi connectivity index (χ2v) is 6.08. The van der Waals surface area contributed by atoms with Crippen molar-refractivity contribution in [2.24, 2.45) is 0 Å². The molecule has 122 valence electrons. The SMILES string of the molecule is Cc1ccc(OCC(=O)Nc2cc(Cl)c(C)c(Cl)c2O)c(C)c1. The second kappa shape index (κ2) is 7.11. The molecule has 0 radical (unpaired) electrons. The topological polar surface area (TPSA) is 58.6 Å². The monoisotopic (exact) mass is 353 g/mol. The van der Waals surface area contributed by atoms with E-state index in [1.54, 1.807) is 6.92 Å². The number of aryl methyl sites for hydroxylation is 2. The molecule has 0 aromatic heterocycles. The van der Waals surface area contributed by atoms with Crippen LogP contribution in [0.15, 0.2) is 24.3 Å². The van der Waals surface area contributed by atoms with Gasteiger partial charge in [0.25, 0.3) is 5.91 Å². The molecule has 0 heterocycles. The highest BCUT2D eigenvalue weighted by Crippen LogP contribution is 2.38. The van der Waals surface area contributed by atoms with Gasteiger partial charge in [-0.1, -0.05) is 40.9 Å². The highest BCUT2D eigenvalue weighted by Gasteiger charge is 2.15. The van der Waals surface area contributed by atoms with Gasteiger partial charge in [0.05, 0.1) is 10.7 Å². The van der Waals surface area contributed by atoms with E-state index in [0.29, 0.717) is 16.3 Å². The van der Waals surface area contributed by atoms with Crippen LogP contribution in [0.1, 0.15) is 16.7 Å². The average Bonchev–Trinajstić information content (AvgIpc) is 2.49. The molecule has 2 N–H and O–H groups in total. The molecule has 0 aliphatic rings. The van der Waals surface area contributed by atoms with Crippen LogP contribution in [-0.2, 0) is 4.79 Å². The maximum Gasteiger partial charge on any atom is 0.262 e. The van der Waals surface area contributed by atoms with E-state index in [9.17, 15) is 9.90 Å². The summed E-state index contributed by atoms with van der Waals surface area (Å²) >= 11 is 12.0. The Morgan fingerprint density at radius 1 is 1.22 bits per heavy atom. The first-order valence-electron chi connectivity index (χ1n) is 6.97. The third-order valence-corrected chi connectivity index (χ3v) is 4.24.